The predicted molar refractivity (Wildman–Crippen MR) is 72.5 cm³/mol. The second kappa shape index (κ2) is 5.83. The van der Waals surface area contributed by atoms with E-state index in [1.807, 2.05) is 11.8 Å². The maximum Gasteiger partial charge on any atom is 0.276 e. The van der Waals surface area contributed by atoms with E-state index in [0.29, 0.717) is 24.7 Å². The summed E-state index contributed by atoms with van der Waals surface area (Å²) in [6, 6.07) is 2.92. The van der Waals surface area contributed by atoms with Crippen LogP contribution in [0.2, 0.25) is 0 Å². The van der Waals surface area contributed by atoms with E-state index in [1.54, 1.807) is 0 Å². The Labute approximate surface area is 111 Å². The molecule has 0 aliphatic carbocycles. The molecule has 2 heterocycles. The van der Waals surface area contributed by atoms with E-state index < -0.39 is 4.92 Å². The van der Waals surface area contributed by atoms with Crippen molar-refractivity contribution in [3.05, 3.63) is 22.2 Å². The first kappa shape index (κ1) is 13.5. The quantitative estimate of drug-likeness (QED) is 0.615. The highest BCUT2D eigenvalue weighted by Crippen LogP contribution is 2.27. The minimum Gasteiger partial charge on any atom is -0.396 e. The van der Waals surface area contributed by atoms with E-state index in [2.05, 4.69) is 10.3 Å². The first-order valence-corrected chi connectivity index (χ1v) is 6.40. The van der Waals surface area contributed by atoms with Gasteiger partial charge in [-0.1, -0.05) is 0 Å². The molecular formula is C12H18N4O3. The third-order valence-corrected chi connectivity index (χ3v) is 3.23. The number of rotatable bonds is 5. The maximum atomic E-state index is 10.9. The summed E-state index contributed by atoms with van der Waals surface area (Å²) in [6.45, 7) is 4.18. The van der Waals surface area contributed by atoms with Crippen molar-refractivity contribution in [2.24, 2.45) is 5.92 Å². The monoisotopic (exact) mass is 266 g/mol. The Hall–Kier alpha value is -1.89. The molecule has 1 fully saturated rings. The number of hydrogen-bond donors (Lipinski definition) is 2. The van der Waals surface area contributed by atoms with Crippen molar-refractivity contribution < 1.29 is 10.0 Å². The molecule has 1 aromatic heterocycles. The van der Waals surface area contributed by atoms with Gasteiger partial charge in [-0.15, -0.1) is 0 Å². The van der Waals surface area contributed by atoms with Crippen LogP contribution in [0, 0.1) is 16.0 Å². The molecule has 0 radical (unpaired) electrons. The number of hydrogen-bond acceptors (Lipinski definition) is 6. The molecule has 0 spiro atoms. The van der Waals surface area contributed by atoms with Crippen LogP contribution in [0.4, 0.5) is 17.3 Å². The lowest BCUT2D eigenvalue weighted by Gasteiger charge is -2.18. The summed E-state index contributed by atoms with van der Waals surface area (Å²) in [6.07, 6.45) is 0.886. The second-order valence-electron chi connectivity index (χ2n) is 4.64. The fourth-order valence-corrected chi connectivity index (χ4v) is 2.23. The standard InChI is InChI=1S/C12H18N4O3/c1-2-13-11-5-10(16(18)19)6-12(14-11)15-4-3-9(7-15)8-17/h5-6,9,17H,2-4,7-8H2,1H3,(H,13,14). The van der Waals surface area contributed by atoms with E-state index in [9.17, 15) is 10.1 Å². The van der Waals surface area contributed by atoms with E-state index >= 15 is 0 Å². The minimum atomic E-state index is -0.411. The minimum absolute atomic E-state index is 0.0356. The van der Waals surface area contributed by atoms with Crippen LogP contribution in [-0.2, 0) is 0 Å². The van der Waals surface area contributed by atoms with Crippen molar-refractivity contribution in [2.75, 3.05) is 36.5 Å². The summed E-state index contributed by atoms with van der Waals surface area (Å²) >= 11 is 0. The lowest BCUT2D eigenvalue weighted by molar-refractivity contribution is -0.384. The van der Waals surface area contributed by atoms with Gasteiger partial charge < -0.3 is 15.3 Å². The fourth-order valence-electron chi connectivity index (χ4n) is 2.23. The Morgan fingerprint density at radius 2 is 2.42 bits per heavy atom. The van der Waals surface area contributed by atoms with Gasteiger partial charge in [-0.2, -0.15) is 0 Å². The molecule has 7 heteroatoms. The fraction of sp³-hybridized carbons (Fsp3) is 0.583. The smallest absolute Gasteiger partial charge is 0.276 e. The van der Waals surface area contributed by atoms with Gasteiger partial charge in [-0.25, -0.2) is 4.98 Å². The number of nitrogens with one attached hydrogen (secondary N) is 1. The first-order valence-electron chi connectivity index (χ1n) is 6.40. The predicted octanol–water partition coefficient (Wildman–Crippen LogP) is 1.24. The molecule has 2 N–H and O–H groups in total. The van der Waals surface area contributed by atoms with Gasteiger partial charge in [0.05, 0.1) is 17.1 Å². The molecule has 1 saturated heterocycles. The Kier molecular flexibility index (Phi) is 4.16. The van der Waals surface area contributed by atoms with E-state index in [4.69, 9.17) is 5.11 Å². The topological polar surface area (TPSA) is 91.5 Å². The molecule has 1 atom stereocenters. The maximum absolute atomic E-state index is 10.9. The zero-order valence-corrected chi connectivity index (χ0v) is 10.9. The molecule has 2 rings (SSSR count). The summed E-state index contributed by atoms with van der Waals surface area (Å²) in [5.41, 5.74) is 0.0356. The number of aromatic nitrogens is 1. The molecule has 7 nitrogen and oxygen atoms in total. The third-order valence-electron chi connectivity index (χ3n) is 3.23. The van der Waals surface area contributed by atoms with Crippen molar-refractivity contribution in [3.63, 3.8) is 0 Å². The summed E-state index contributed by atoms with van der Waals surface area (Å²) in [5, 5.41) is 23.1. The number of pyridine rings is 1. The highest BCUT2D eigenvalue weighted by atomic mass is 16.6. The Morgan fingerprint density at radius 1 is 1.63 bits per heavy atom. The molecule has 1 unspecified atom stereocenters. The van der Waals surface area contributed by atoms with Gasteiger partial charge in [0.1, 0.15) is 11.6 Å². The average molecular weight is 266 g/mol. The van der Waals surface area contributed by atoms with Crippen LogP contribution in [-0.4, -0.2) is 41.3 Å². The zero-order valence-electron chi connectivity index (χ0n) is 10.9. The van der Waals surface area contributed by atoms with Gasteiger partial charge in [0, 0.05) is 32.2 Å². The van der Waals surface area contributed by atoms with Crippen molar-refractivity contribution in [2.45, 2.75) is 13.3 Å². The molecule has 0 saturated carbocycles. The van der Waals surface area contributed by atoms with Crippen LogP contribution < -0.4 is 10.2 Å². The second-order valence-corrected chi connectivity index (χ2v) is 4.64. The van der Waals surface area contributed by atoms with Gasteiger partial charge >= 0.3 is 0 Å². The highest BCUT2D eigenvalue weighted by molar-refractivity contribution is 5.56. The van der Waals surface area contributed by atoms with Crippen molar-refractivity contribution in [1.29, 1.82) is 0 Å². The summed E-state index contributed by atoms with van der Waals surface area (Å²) in [5.74, 6) is 1.34. The zero-order chi connectivity index (χ0) is 13.8. The molecule has 0 amide bonds. The van der Waals surface area contributed by atoms with Crippen LogP contribution in [0.5, 0.6) is 0 Å². The van der Waals surface area contributed by atoms with Crippen molar-refractivity contribution in [1.82, 2.24) is 4.98 Å². The van der Waals surface area contributed by atoms with Gasteiger partial charge in [-0.05, 0) is 13.3 Å². The van der Waals surface area contributed by atoms with Crippen molar-refractivity contribution in [3.8, 4) is 0 Å². The molecule has 1 aromatic rings. The van der Waals surface area contributed by atoms with Gasteiger partial charge in [0.15, 0.2) is 0 Å². The lowest BCUT2D eigenvalue weighted by atomic mass is 10.1. The molecule has 104 valence electrons. The average Bonchev–Trinajstić information content (AvgIpc) is 2.87. The molecule has 0 bridgehead atoms. The van der Waals surface area contributed by atoms with Crippen molar-refractivity contribution >= 4 is 17.3 Å². The Bertz CT molecular complexity index is 466. The van der Waals surface area contributed by atoms with Crippen LogP contribution in [0.1, 0.15) is 13.3 Å². The summed E-state index contributed by atoms with van der Waals surface area (Å²) < 4.78 is 0. The SMILES string of the molecule is CCNc1cc([N+](=O)[O-])cc(N2CCC(CO)C2)n1. The Balaban J connectivity index is 2.26. The number of aliphatic hydroxyl groups is 1. The number of anilines is 2. The van der Waals surface area contributed by atoms with E-state index in [1.165, 1.54) is 12.1 Å². The Morgan fingerprint density at radius 3 is 3.00 bits per heavy atom. The number of nitro groups is 1. The van der Waals surface area contributed by atoms with Gasteiger partial charge in [0.2, 0.25) is 0 Å². The molecule has 1 aliphatic heterocycles. The van der Waals surface area contributed by atoms with Crippen LogP contribution in [0.25, 0.3) is 0 Å². The molecular weight excluding hydrogens is 248 g/mol. The summed E-state index contributed by atoms with van der Waals surface area (Å²) in [7, 11) is 0. The van der Waals surface area contributed by atoms with Gasteiger partial charge in [-0.3, -0.25) is 10.1 Å². The summed E-state index contributed by atoms with van der Waals surface area (Å²) in [4.78, 5) is 16.9. The molecule has 0 aromatic carbocycles. The number of nitrogens with zero attached hydrogens (tertiary/aromatic N) is 3. The van der Waals surface area contributed by atoms with E-state index in [-0.39, 0.29) is 18.2 Å². The van der Waals surface area contributed by atoms with Gasteiger partial charge in [0.25, 0.3) is 5.69 Å². The normalized spacial score (nSPS) is 18.6. The van der Waals surface area contributed by atoms with Crippen LogP contribution >= 0.6 is 0 Å². The van der Waals surface area contributed by atoms with Crippen LogP contribution in [0.15, 0.2) is 12.1 Å². The highest BCUT2D eigenvalue weighted by Gasteiger charge is 2.24. The molecule has 19 heavy (non-hydrogen) atoms. The first-order chi connectivity index (χ1) is 9.13. The van der Waals surface area contributed by atoms with E-state index in [0.717, 1.165) is 13.0 Å². The largest absolute Gasteiger partial charge is 0.396 e. The van der Waals surface area contributed by atoms with Crippen LogP contribution in [0.3, 0.4) is 0 Å². The third kappa shape index (κ3) is 3.11. The molecule has 1 aliphatic rings. The number of aliphatic hydroxyl groups excluding tert-OH is 1. The lowest BCUT2D eigenvalue weighted by Crippen LogP contribution is -2.22.